The number of hydrogen-bond donors (Lipinski definition) is 1. The van der Waals surface area contributed by atoms with Gasteiger partial charge in [0, 0.05) is 5.92 Å². The predicted molar refractivity (Wildman–Crippen MR) is 66.9 cm³/mol. The van der Waals surface area contributed by atoms with E-state index in [4.69, 9.17) is 11.5 Å². The van der Waals surface area contributed by atoms with Gasteiger partial charge in [0.05, 0.1) is 6.10 Å². The second kappa shape index (κ2) is 4.83. The minimum atomic E-state index is -0.171. The zero-order valence-electron chi connectivity index (χ0n) is 9.01. The highest BCUT2D eigenvalue weighted by atomic mass is 16.3. The monoisotopic (exact) mass is 210 g/mol. The maximum Gasteiger partial charge on any atom is 0.0691 e. The lowest BCUT2D eigenvalue weighted by atomic mass is 10.1. The van der Waals surface area contributed by atoms with E-state index in [0.717, 1.165) is 6.42 Å². The molecule has 0 heterocycles. The van der Waals surface area contributed by atoms with Crippen LogP contribution in [0.4, 0.5) is 0 Å². The first kappa shape index (κ1) is 10.7. The molecule has 2 aromatic rings. The molecule has 80 valence electrons. The first-order valence-electron chi connectivity index (χ1n) is 5.39. The SMILES string of the molecule is C#CC1CC1O.c1ccc2ccccc2c1. The zero-order chi connectivity index (χ0) is 11.4. The van der Waals surface area contributed by atoms with Crippen molar-refractivity contribution in [3.63, 3.8) is 0 Å². The van der Waals surface area contributed by atoms with E-state index in [1.54, 1.807) is 0 Å². The van der Waals surface area contributed by atoms with Gasteiger partial charge in [0.25, 0.3) is 0 Å². The van der Waals surface area contributed by atoms with Crippen LogP contribution < -0.4 is 0 Å². The molecule has 0 bridgehead atoms. The van der Waals surface area contributed by atoms with Crippen molar-refractivity contribution in [2.24, 2.45) is 5.92 Å². The molecular weight excluding hydrogens is 196 g/mol. The maximum atomic E-state index is 8.48. The normalized spacial score (nSPS) is 21.8. The molecule has 0 radical (unpaired) electrons. The lowest BCUT2D eigenvalue weighted by Crippen LogP contribution is -1.77. The van der Waals surface area contributed by atoms with Crippen LogP contribution in [0.5, 0.6) is 0 Å². The molecule has 2 unspecified atom stereocenters. The molecular formula is C15H14O. The Morgan fingerprint density at radius 1 is 1.00 bits per heavy atom. The highest BCUT2D eigenvalue weighted by Gasteiger charge is 2.32. The third-order valence-electron chi connectivity index (χ3n) is 2.63. The molecule has 1 aliphatic rings. The molecule has 0 spiro atoms. The number of rotatable bonds is 0. The minimum Gasteiger partial charge on any atom is -0.392 e. The highest BCUT2D eigenvalue weighted by molar-refractivity contribution is 5.81. The van der Waals surface area contributed by atoms with Crippen LogP contribution in [0.15, 0.2) is 48.5 Å². The van der Waals surface area contributed by atoms with Gasteiger partial charge in [0.1, 0.15) is 0 Å². The molecule has 2 atom stereocenters. The fourth-order valence-electron chi connectivity index (χ4n) is 1.49. The topological polar surface area (TPSA) is 20.2 Å². The van der Waals surface area contributed by atoms with Crippen LogP contribution in [0, 0.1) is 18.3 Å². The summed E-state index contributed by atoms with van der Waals surface area (Å²) in [6.07, 6.45) is 5.56. The van der Waals surface area contributed by atoms with Gasteiger partial charge >= 0.3 is 0 Å². The average Bonchev–Trinajstić information content (AvgIpc) is 3.07. The van der Waals surface area contributed by atoms with Crippen molar-refractivity contribution < 1.29 is 5.11 Å². The van der Waals surface area contributed by atoms with Gasteiger partial charge in [0.15, 0.2) is 0 Å². The highest BCUT2D eigenvalue weighted by Crippen LogP contribution is 2.28. The first-order valence-corrected chi connectivity index (χ1v) is 5.39. The summed E-state index contributed by atoms with van der Waals surface area (Å²) in [7, 11) is 0. The lowest BCUT2D eigenvalue weighted by molar-refractivity contribution is 0.269. The van der Waals surface area contributed by atoms with Crippen LogP contribution in [0.25, 0.3) is 10.8 Å². The van der Waals surface area contributed by atoms with E-state index in [1.807, 2.05) is 0 Å². The van der Waals surface area contributed by atoms with E-state index in [-0.39, 0.29) is 12.0 Å². The largest absolute Gasteiger partial charge is 0.392 e. The Labute approximate surface area is 95.7 Å². The van der Waals surface area contributed by atoms with Crippen molar-refractivity contribution in [1.29, 1.82) is 0 Å². The van der Waals surface area contributed by atoms with Gasteiger partial charge in [-0.1, -0.05) is 48.5 Å². The third-order valence-corrected chi connectivity index (χ3v) is 2.63. The van der Waals surface area contributed by atoms with Crippen molar-refractivity contribution in [1.82, 2.24) is 0 Å². The van der Waals surface area contributed by atoms with E-state index in [2.05, 4.69) is 54.5 Å². The minimum absolute atomic E-state index is 0.171. The molecule has 1 fully saturated rings. The standard InChI is InChI=1S/C10H8.C5H6O/c1-2-6-10-8-4-3-7-9(10)5-1;1-2-4-3-5(4)6/h1-8H;1,4-6H,3H2. The van der Waals surface area contributed by atoms with Crippen LogP contribution in [0.2, 0.25) is 0 Å². The van der Waals surface area contributed by atoms with E-state index >= 15 is 0 Å². The molecule has 1 heteroatoms. The smallest absolute Gasteiger partial charge is 0.0691 e. The van der Waals surface area contributed by atoms with Crippen LogP contribution in [-0.2, 0) is 0 Å². The number of fused-ring (bicyclic) bond motifs is 1. The number of aliphatic hydroxyl groups is 1. The Hall–Kier alpha value is -1.78. The first-order chi connectivity index (χ1) is 7.81. The van der Waals surface area contributed by atoms with Crippen molar-refractivity contribution in [3.8, 4) is 12.3 Å². The molecule has 3 rings (SSSR count). The van der Waals surface area contributed by atoms with Crippen LogP contribution in [0.1, 0.15) is 6.42 Å². The van der Waals surface area contributed by atoms with E-state index in [0.29, 0.717) is 0 Å². The number of terminal acetylenes is 1. The van der Waals surface area contributed by atoms with Gasteiger partial charge in [-0.25, -0.2) is 0 Å². The number of benzene rings is 2. The van der Waals surface area contributed by atoms with E-state index in [1.165, 1.54) is 10.8 Å². The summed E-state index contributed by atoms with van der Waals surface area (Å²) in [6.45, 7) is 0. The van der Waals surface area contributed by atoms with Crippen LogP contribution in [0.3, 0.4) is 0 Å². The summed E-state index contributed by atoms with van der Waals surface area (Å²) in [6, 6.07) is 16.7. The van der Waals surface area contributed by atoms with Crippen molar-refractivity contribution >= 4 is 10.8 Å². The molecule has 1 aliphatic carbocycles. The Bertz CT molecular complexity index is 445. The van der Waals surface area contributed by atoms with Gasteiger partial charge in [-0.3, -0.25) is 0 Å². The Balaban J connectivity index is 0.000000138. The fourth-order valence-corrected chi connectivity index (χ4v) is 1.49. The fraction of sp³-hybridized carbons (Fsp3) is 0.200. The second-order valence-corrected chi connectivity index (χ2v) is 3.92. The molecule has 2 aromatic carbocycles. The number of aliphatic hydroxyl groups excluding tert-OH is 1. The molecule has 0 saturated heterocycles. The summed E-state index contributed by atoms with van der Waals surface area (Å²) in [4.78, 5) is 0. The quantitative estimate of drug-likeness (QED) is 0.663. The number of hydrogen-bond acceptors (Lipinski definition) is 1. The summed E-state index contributed by atoms with van der Waals surface area (Å²) >= 11 is 0. The van der Waals surface area contributed by atoms with Crippen molar-refractivity contribution in [2.45, 2.75) is 12.5 Å². The molecule has 0 amide bonds. The molecule has 1 saturated carbocycles. The Kier molecular flexibility index (Phi) is 3.24. The van der Waals surface area contributed by atoms with E-state index in [9.17, 15) is 0 Å². The van der Waals surface area contributed by atoms with Crippen LogP contribution >= 0.6 is 0 Å². The molecule has 0 aromatic heterocycles. The summed E-state index contributed by atoms with van der Waals surface area (Å²) < 4.78 is 0. The van der Waals surface area contributed by atoms with Crippen molar-refractivity contribution in [2.75, 3.05) is 0 Å². The molecule has 0 aliphatic heterocycles. The van der Waals surface area contributed by atoms with Crippen molar-refractivity contribution in [3.05, 3.63) is 48.5 Å². The average molecular weight is 210 g/mol. The van der Waals surface area contributed by atoms with Gasteiger partial charge in [-0.05, 0) is 17.2 Å². The van der Waals surface area contributed by atoms with Crippen LogP contribution in [-0.4, -0.2) is 11.2 Å². The maximum absolute atomic E-state index is 8.48. The Morgan fingerprint density at radius 3 is 1.56 bits per heavy atom. The summed E-state index contributed by atoms with van der Waals surface area (Å²) in [5, 5.41) is 11.1. The van der Waals surface area contributed by atoms with Gasteiger partial charge < -0.3 is 5.11 Å². The third kappa shape index (κ3) is 2.62. The molecule has 1 nitrogen and oxygen atoms in total. The second-order valence-electron chi connectivity index (χ2n) is 3.92. The van der Waals surface area contributed by atoms with Gasteiger partial charge in [-0.15, -0.1) is 12.3 Å². The van der Waals surface area contributed by atoms with Gasteiger partial charge in [0.2, 0.25) is 0 Å². The van der Waals surface area contributed by atoms with Gasteiger partial charge in [-0.2, -0.15) is 0 Å². The lowest BCUT2D eigenvalue weighted by Gasteiger charge is -1.92. The Morgan fingerprint density at radius 2 is 1.38 bits per heavy atom. The molecule has 16 heavy (non-hydrogen) atoms. The summed E-state index contributed by atoms with van der Waals surface area (Å²) in [5.41, 5.74) is 0. The summed E-state index contributed by atoms with van der Waals surface area (Å²) in [5.74, 6) is 2.62. The zero-order valence-corrected chi connectivity index (χ0v) is 9.01. The predicted octanol–water partition coefficient (Wildman–Crippen LogP) is 2.84. The molecule has 1 N–H and O–H groups in total. The van der Waals surface area contributed by atoms with E-state index < -0.39 is 0 Å².